The first kappa shape index (κ1) is 23.1. The lowest BCUT2D eigenvalue weighted by Gasteiger charge is -2.21. The van der Waals surface area contributed by atoms with Gasteiger partial charge in [-0.2, -0.15) is 0 Å². The van der Waals surface area contributed by atoms with E-state index in [-0.39, 0.29) is 24.5 Å². The number of thiophene rings is 1. The van der Waals surface area contributed by atoms with E-state index in [0.29, 0.717) is 24.1 Å². The molecule has 3 N–H and O–H groups in total. The van der Waals surface area contributed by atoms with Gasteiger partial charge in [-0.3, -0.25) is 9.59 Å². The number of fused-ring (bicyclic) bond motifs is 3. The van der Waals surface area contributed by atoms with Gasteiger partial charge in [-0.25, -0.2) is 4.79 Å². The highest BCUT2D eigenvalue weighted by Crippen LogP contribution is 2.44. The van der Waals surface area contributed by atoms with Crippen LogP contribution in [0, 0.1) is 5.92 Å². The number of nitrogens with one attached hydrogen (secondary N) is 2. The third-order valence-corrected chi connectivity index (χ3v) is 7.76. The van der Waals surface area contributed by atoms with Gasteiger partial charge in [0.1, 0.15) is 12.6 Å². The van der Waals surface area contributed by atoms with Crippen LogP contribution in [0.1, 0.15) is 47.2 Å². The minimum atomic E-state index is -0.908. The minimum Gasteiger partial charge on any atom is -0.481 e. The van der Waals surface area contributed by atoms with Crippen molar-refractivity contribution < 1.29 is 24.2 Å². The van der Waals surface area contributed by atoms with Crippen LogP contribution in [-0.2, 0) is 14.3 Å². The fourth-order valence-corrected chi connectivity index (χ4v) is 5.87. The molecule has 5 rings (SSSR count). The molecule has 180 valence electrons. The van der Waals surface area contributed by atoms with Crippen LogP contribution in [0.5, 0.6) is 0 Å². The van der Waals surface area contributed by atoms with Crippen molar-refractivity contribution in [3.8, 4) is 11.1 Å². The number of carbonyl (C=O) groups is 3. The third kappa shape index (κ3) is 4.79. The first-order valence-corrected chi connectivity index (χ1v) is 12.6. The molecule has 1 aromatic heterocycles. The number of carboxylic acid groups (broad SMARTS) is 1. The molecule has 0 aliphatic heterocycles. The minimum absolute atomic E-state index is 0.0754. The summed E-state index contributed by atoms with van der Waals surface area (Å²) in [5, 5.41) is 16.7. The maximum atomic E-state index is 13.1. The van der Waals surface area contributed by atoms with Crippen molar-refractivity contribution in [2.24, 2.45) is 5.92 Å². The first-order chi connectivity index (χ1) is 17.0. The number of hydrogen-bond acceptors (Lipinski definition) is 5. The van der Waals surface area contributed by atoms with E-state index in [2.05, 4.69) is 34.9 Å². The van der Waals surface area contributed by atoms with Crippen LogP contribution in [-0.4, -0.2) is 35.7 Å². The van der Waals surface area contributed by atoms with Crippen molar-refractivity contribution in [2.75, 3.05) is 6.61 Å². The molecule has 3 atom stereocenters. The first-order valence-electron chi connectivity index (χ1n) is 11.7. The highest BCUT2D eigenvalue weighted by Gasteiger charge is 2.34. The molecule has 0 radical (unpaired) electrons. The summed E-state index contributed by atoms with van der Waals surface area (Å²) < 4.78 is 5.63. The summed E-state index contributed by atoms with van der Waals surface area (Å²) in [6.45, 7) is 0.154. The SMILES string of the molecule is O=C(NC(C(=O)N[C@@H]1CC[C@H](C(=O)O)C1)c1cccs1)OCC1c2ccccc2-c2ccccc21. The van der Waals surface area contributed by atoms with E-state index in [1.54, 1.807) is 6.07 Å². The van der Waals surface area contributed by atoms with E-state index in [0.717, 1.165) is 22.3 Å². The van der Waals surface area contributed by atoms with Crippen molar-refractivity contribution in [3.63, 3.8) is 0 Å². The number of alkyl carbamates (subject to hydrolysis) is 1. The Morgan fingerprint density at radius 3 is 2.26 bits per heavy atom. The molecule has 1 heterocycles. The van der Waals surface area contributed by atoms with E-state index in [9.17, 15) is 19.5 Å². The van der Waals surface area contributed by atoms with Gasteiger partial charge in [-0.1, -0.05) is 54.6 Å². The number of carbonyl (C=O) groups excluding carboxylic acids is 2. The maximum absolute atomic E-state index is 13.1. The Morgan fingerprint density at radius 2 is 1.66 bits per heavy atom. The zero-order valence-electron chi connectivity index (χ0n) is 19.0. The standard InChI is InChI=1S/C27H26N2O5S/c30-25(28-17-12-11-16(14-17)26(31)32)24(23-10-5-13-35-23)29-27(33)34-15-22-20-8-3-1-6-18(20)19-7-2-4-9-21(19)22/h1-10,13,16-17,22,24H,11-12,14-15H2,(H,28,30)(H,29,33)(H,31,32)/t16-,17+,24?/m0/s1. The Balaban J connectivity index is 1.25. The molecule has 3 aromatic rings. The molecule has 0 bridgehead atoms. The van der Waals surface area contributed by atoms with Gasteiger partial charge in [0.05, 0.1) is 5.92 Å². The molecule has 35 heavy (non-hydrogen) atoms. The van der Waals surface area contributed by atoms with Crippen molar-refractivity contribution >= 4 is 29.3 Å². The number of amides is 2. The second-order valence-electron chi connectivity index (χ2n) is 8.97. The van der Waals surface area contributed by atoms with Crippen molar-refractivity contribution in [2.45, 2.75) is 37.3 Å². The lowest BCUT2D eigenvalue weighted by Crippen LogP contribution is -2.43. The molecule has 0 spiro atoms. The zero-order valence-corrected chi connectivity index (χ0v) is 19.8. The topological polar surface area (TPSA) is 105 Å². The number of aliphatic carboxylic acids is 1. The molecule has 1 fully saturated rings. The second kappa shape index (κ2) is 9.92. The average Bonchev–Trinajstić information content (AvgIpc) is 3.61. The summed E-state index contributed by atoms with van der Waals surface area (Å²) >= 11 is 1.36. The van der Waals surface area contributed by atoms with Crippen molar-refractivity contribution in [1.29, 1.82) is 0 Å². The van der Waals surface area contributed by atoms with Crippen LogP contribution in [0.4, 0.5) is 4.79 Å². The summed E-state index contributed by atoms with van der Waals surface area (Å²) in [5.41, 5.74) is 4.51. The quantitative estimate of drug-likeness (QED) is 0.445. The van der Waals surface area contributed by atoms with Crippen molar-refractivity contribution in [3.05, 3.63) is 82.0 Å². The number of ether oxygens (including phenoxy) is 1. The fourth-order valence-electron chi connectivity index (χ4n) is 5.10. The Labute approximate surface area is 207 Å². The highest BCUT2D eigenvalue weighted by molar-refractivity contribution is 7.10. The second-order valence-corrected chi connectivity index (χ2v) is 9.95. The van der Waals surface area contributed by atoms with Crippen LogP contribution < -0.4 is 10.6 Å². The summed E-state index contributed by atoms with van der Waals surface area (Å²) in [7, 11) is 0. The van der Waals surface area contributed by atoms with Gasteiger partial charge in [0.15, 0.2) is 0 Å². The molecule has 8 heteroatoms. The normalized spacial score (nSPS) is 19.4. The van der Waals surface area contributed by atoms with Gasteiger partial charge in [-0.15, -0.1) is 11.3 Å². The monoisotopic (exact) mass is 490 g/mol. The van der Waals surface area contributed by atoms with Crippen LogP contribution in [0.3, 0.4) is 0 Å². The molecular formula is C27H26N2O5S. The van der Waals surface area contributed by atoms with E-state index < -0.39 is 24.0 Å². The smallest absolute Gasteiger partial charge is 0.408 e. The summed E-state index contributed by atoms with van der Waals surface area (Å²) in [6.07, 6.45) is 0.854. The van der Waals surface area contributed by atoms with E-state index >= 15 is 0 Å². The van der Waals surface area contributed by atoms with Crippen LogP contribution in [0.15, 0.2) is 66.0 Å². The van der Waals surface area contributed by atoms with E-state index in [1.165, 1.54) is 11.3 Å². The molecule has 1 unspecified atom stereocenters. The fraction of sp³-hybridized carbons (Fsp3) is 0.296. The summed E-state index contributed by atoms with van der Waals surface area (Å²) in [4.78, 5) is 37.8. The largest absolute Gasteiger partial charge is 0.481 e. The predicted molar refractivity (Wildman–Crippen MR) is 132 cm³/mol. The van der Waals surface area contributed by atoms with Gasteiger partial charge in [0.25, 0.3) is 0 Å². The third-order valence-electron chi connectivity index (χ3n) is 6.82. The summed E-state index contributed by atoms with van der Waals surface area (Å²) in [6, 6.07) is 18.7. The van der Waals surface area contributed by atoms with Crippen LogP contribution in [0.25, 0.3) is 11.1 Å². The zero-order chi connectivity index (χ0) is 24.4. The lowest BCUT2D eigenvalue weighted by atomic mass is 9.98. The number of carboxylic acids is 1. The molecule has 0 saturated heterocycles. The number of benzene rings is 2. The lowest BCUT2D eigenvalue weighted by molar-refractivity contribution is -0.141. The Hall–Kier alpha value is -3.65. The van der Waals surface area contributed by atoms with E-state index in [1.807, 2.05) is 35.7 Å². The van der Waals surface area contributed by atoms with Crippen LogP contribution >= 0.6 is 11.3 Å². The molecular weight excluding hydrogens is 464 g/mol. The highest BCUT2D eigenvalue weighted by atomic mass is 32.1. The van der Waals surface area contributed by atoms with Gasteiger partial charge >= 0.3 is 12.1 Å². The van der Waals surface area contributed by atoms with Crippen molar-refractivity contribution in [1.82, 2.24) is 10.6 Å². The molecule has 2 aliphatic rings. The number of hydrogen-bond donors (Lipinski definition) is 3. The Bertz CT molecular complexity index is 1200. The maximum Gasteiger partial charge on any atom is 0.408 e. The van der Waals surface area contributed by atoms with Gasteiger partial charge in [-0.05, 0) is 53.0 Å². The average molecular weight is 491 g/mol. The van der Waals surface area contributed by atoms with Gasteiger partial charge in [0.2, 0.25) is 5.91 Å². The molecule has 1 saturated carbocycles. The molecule has 2 aromatic carbocycles. The Morgan fingerprint density at radius 1 is 0.971 bits per heavy atom. The van der Waals surface area contributed by atoms with E-state index in [4.69, 9.17) is 4.74 Å². The van der Waals surface area contributed by atoms with Crippen LogP contribution in [0.2, 0.25) is 0 Å². The predicted octanol–water partition coefficient (Wildman–Crippen LogP) is 4.70. The molecule has 7 nitrogen and oxygen atoms in total. The molecule has 2 aliphatic carbocycles. The molecule has 2 amide bonds. The van der Waals surface area contributed by atoms with Gasteiger partial charge in [0, 0.05) is 16.8 Å². The number of rotatable bonds is 7. The van der Waals surface area contributed by atoms with Gasteiger partial charge < -0.3 is 20.5 Å². The summed E-state index contributed by atoms with van der Waals surface area (Å²) in [5.74, 6) is -1.73. The Kier molecular flexibility index (Phi) is 6.55.